The number of halogens is 2. The van der Waals surface area contributed by atoms with E-state index in [1.165, 1.54) is 17.8 Å². The van der Waals surface area contributed by atoms with Gasteiger partial charge in [-0.2, -0.15) is 0 Å². The normalized spacial score (nSPS) is 17.6. The number of piperidine rings is 1. The first-order valence-electron chi connectivity index (χ1n) is 7.66. The van der Waals surface area contributed by atoms with Crippen molar-refractivity contribution in [3.63, 3.8) is 0 Å². The van der Waals surface area contributed by atoms with Gasteiger partial charge in [-0.3, -0.25) is 5.32 Å². The van der Waals surface area contributed by atoms with Crippen molar-refractivity contribution in [1.29, 1.82) is 0 Å². The maximum absolute atomic E-state index is 12.1. The Morgan fingerprint density at radius 3 is 2.92 bits per heavy atom. The number of carbonyl (C=O) groups excluding carboxylic acids is 1. The van der Waals surface area contributed by atoms with Crippen LogP contribution in [0.3, 0.4) is 0 Å². The summed E-state index contributed by atoms with van der Waals surface area (Å²) in [5.74, 6) is 0. The molecule has 1 fully saturated rings. The first-order valence-corrected chi connectivity index (χ1v) is 9.23. The molecule has 1 aromatic heterocycles. The van der Waals surface area contributed by atoms with Crippen molar-refractivity contribution in [3.8, 4) is 0 Å². The first-order chi connectivity index (χ1) is 11.5. The van der Waals surface area contributed by atoms with Gasteiger partial charge in [0.05, 0.1) is 10.7 Å². The molecule has 1 saturated heterocycles. The lowest BCUT2D eigenvalue weighted by Crippen LogP contribution is -2.37. The maximum atomic E-state index is 12.1. The highest BCUT2D eigenvalue weighted by Gasteiger charge is 2.22. The number of anilines is 3. The molecular formula is C15H17Cl2N5OS. The van der Waals surface area contributed by atoms with Gasteiger partial charge in [-0.05, 0) is 44.4 Å². The largest absolute Gasteiger partial charge is 0.344 e. The van der Waals surface area contributed by atoms with E-state index in [2.05, 4.69) is 32.7 Å². The van der Waals surface area contributed by atoms with Gasteiger partial charge in [0.2, 0.25) is 10.3 Å². The second kappa shape index (κ2) is 7.55. The molecule has 9 heteroatoms. The first kappa shape index (κ1) is 17.3. The molecule has 0 unspecified atom stereocenters. The molecule has 3 rings (SSSR count). The van der Waals surface area contributed by atoms with Gasteiger partial charge < -0.3 is 10.2 Å². The Hall–Kier alpha value is -1.57. The van der Waals surface area contributed by atoms with Crippen LogP contribution in [0, 0.1) is 0 Å². The number of hydrogen-bond donors (Lipinski definition) is 2. The lowest BCUT2D eigenvalue weighted by molar-refractivity contribution is 0.262. The third kappa shape index (κ3) is 4.09. The predicted molar refractivity (Wildman–Crippen MR) is 99.7 cm³/mol. The van der Waals surface area contributed by atoms with E-state index in [9.17, 15) is 4.79 Å². The van der Waals surface area contributed by atoms with Gasteiger partial charge in [-0.1, -0.05) is 34.5 Å². The maximum Gasteiger partial charge on any atom is 0.325 e. The van der Waals surface area contributed by atoms with Crippen LogP contribution in [-0.2, 0) is 0 Å². The molecule has 2 heterocycles. The fourth-order valence-electron chi connectivity index (χ4n) is 2.61. The molecule has 1 aromatic carbocycles. The number of carbonyl (C=O) groups is 1. The molecule has 2 amide bonds. The molecule has 1 atom stereocenters. The van der Waals surface area contributed by atoms with Gasteiger partial charge in [-0.15, -0.1) is 10.2 Å². The van der Waals surface area contributed by atoms with Crippen molar-refractivity contribution in [2.24, 2.45) is 0 Å². The van der Waals surface area contributed by atoms with E-state index in [1.54, 1.807) is 18.2 Å². The van der Waals surface area contributed by atoms with Crippen LogP contribution in [0.15, 0.2) is 18.2 Å². The van der Waals surface area contributed by atoms with E-state index < -0.39 is 6.03 Å². The van der Waals surface area contributed by atoms with Crippen LogP contribution in [-0.4, -0.2) is 28.8 Å². The average Bonchev–Trinajstić information content (AvgIpc) is 2.99. The third-order valence-corrected chi connectivity index (χ3v) is 5.30. The number of amides is 2. The Labute approximate surface area is 154 Å². The third-order valence-electron chi connectivity index (χ3n) is 3.86. The van der Waals surface area contributed by atoms with Gasteiger partial charge >= 0.3 is 6.03 Å². The number of aromatic nitrogens is 2. The zero-order chi connectivity index (χ0) is 17.1. The minimum absolute atomic E-state index is 0.412. The van der Waals surface area contributed by atoms with E-state index in [0.717, 1.165) is 24.5 Å². The summed E-state index contributed by atoms with van der Waals surface area (Å²) >= 11 is 13.3. The highest BCUT2D eigenvalue weighted by molar-refractivity contribution is 7.19. The SMILES string of the molecule is C[C@H]1CCCCN1c1nnc(NC(=O)Nc2cc(Cl)ccc2Cl)s1. The van der Waals surface area contributed by atoms with Crippen molar-refractivity contribution in [2.75, 3.05) is 22.1 Å². The Kier molecular flexibility index (Phi) is 5.43. The predicted octanol–water partition coefficient (Wildman–Crippen LogP) is 4.87. The molecule has 1 aliphatic rings. The van der Waals surface area contributed by atoms with Gasteiger partial charge in [0, 0.05) is 17.6 Å². The molecule has 2 aromatic rings. The topological polar surface area (TPSA) is 70.2 Å². The summed E-state index contributed by atoms with van der Waals surface area (Å²) in [4.78, 5) is 14.3. The van der Waals surface area contributed by atoms with E-state index in [4.69, 9.17) is 23.2 Å². The van der Waals surface area contributed by atoms with Crippen LogP contribution in [0.1, 0.15) is 26.2 Å². The summed E-state index contributed by atoms with van der Waals surface area (Å²) in [6.45, 7) is 3.15. The Balaban J connectivity index is 1.64. The van der Waals surface area contributed by atoms with E-state index in [1.807, 2.05) is 0 Å². The molecule has 0 saturated carbocycles. The number of nitrogens with one attached hydrogen (secondary N) is 2. The number of nitrogens with zero attached hydrogens (tertiary/aromatic N) is 3. The smallest absolute Gasteiger partial charge is 0.325 e. The number of urea groups is 1. The second-order valence-corrected chi connectivity index (χ2v) is 7.43. The Bertz CT molecular complexity index is 738. The summed E-state index contributed by atoms with van der Waals surface area (Å²) in [6, 6.07) is 4.88. The molecule has 1 aliphatic heterocycles. The highest BCUT2D eigenvalue weighted by Crippen LogP contribution is 2.30. The minimum Gasteiger partial charge on any atom is -0.344 e. The van der Waals surface area contributed by atoms with Crippen LogP contribution in [0.25, 0.3) is 0 Å². The van der Waals surface area contributed by atoms with Crippen molar-refractivity contribution in [2.45, 2.75) is 32.2 Å². The van der Waals surface area contributed by atoms with Gasteiger partial charge in [0.1, 0.15) is 0 Å². The summed E-state index contributed by atoms with van der Waals surface area (Å²) in [7, 11) is 0. The molecule has 24 heavy (non-hydrogen) atoms. The molecule has 0 radical (unpaired) electrons. The highest BCUT2D eigenvalue weighted by atomic mass is 35.5. The van der Waals surface area contributed by atoms with E-state index in [-0.39, 0.29) is 0 Å². The zero-order valence-corrected chi connectivity index (χ0v) is 15.4. The number of rotatable bonds is 3. The quantitative estimate of drug-likeness (QED) is 0.790. The number of benzene rings is 1. The summed E-state index contributed by atoms with van der Waals surface area (Å²) < 4.78 is 0. The lowest BCUT2D eigenvalue weighted by Gasteiger charge is -2.32. The fraction of sp³-hybridized carbons (Fsp3) is 0.400. The van der Waals surface area contributed by atoms with Gasteiger partial charge in [0.15, 0.2) is 0 Å². The van der Waals surface area contributed by atoms with Crippen LogP contribution in [0.2, 0.25) is 10.0 Å². The van der Waals surface area contributed by atoms with E-state index >= 15 is 0 Å². The molecule has 0 bridgehead atoms. The van der Waals surface area contributed by atoms with Crippen LogP contribution >= 0.6 is 34.5 Å². The molecule has 6 nitrogen and oxygen atoms in total. The van der Waals surface area contributed by atoms with Crippen molar-refractivity contribution in [3.05, 3.63) is 28.2 Å². The second-order valence-electron chi connectivity index (χ2n) is 5.63. The average molecular weight is 386 g/mol. The van der Waals surface area contributed by atoms with Crippen molar-refractivity contribution >= 4 is 56.5 Å². The standard InChI is InChI=1S/C15H17Cl2N5OS/c1-9-4-2-3-7-22(9)15-21-20-14(24-15)19-13(23)18-12-8-10(16)5-6-11(12)17/h5-6,8-9H,2-4,7H2,1H3,(H2,18,19,20,23)/t9-/m0/s1. The lowest BCUT2D eigenvalue weighted by atomic mass is 10.1. The molecule has 0 spiro atoms. The number of hydrogen-bond acceptors (Lipinski definition) is 5. The van der Waals surface area contributed by atoms with Crippen LogP contribution < -0.4 is 15.5 Å². The summed E-state index contributed by atoms with van der Waals surface area (Å²) in [6.07, 6.45) is 3.54. The van der Waals surface area contributed by atoms with Crippen molar-refractivity contribution in [1.82, 2.24) is 10.2 Å². The Morgan fingerprint density at radius 2 is 2.12 bits per heavy atom. The van der Waals surface area contributed by atoms with Crippen LogP contribution in [0.5, 0.6) is 0 Å². The molecule has 0 aliphatic carbocycles. The van der Waals surface area contributed by atoms with E-state index in [0.29, 0.717) is 26.9 Å². The molecule has 128 valence electrons. The summed E-state index contributed by atoms with van der Waals surface area (Å²) in [5, 5.41) is 15.7. The zero-order valence-electron chi connectivity index (χ0n) is 13.1. The summed E-state index contributed by atoms with van der Waals surface area (Å²) in [5.41, 5.74) is 0.441. The van der Waals surface area contributed by atoms with Crippen molar-refractivity contribution < 1.29 is 4.79 Å². The minimum atomic E-state index is -0.437. The molecular weight excluding hydrogens is 369 g/mol. The van der Waals surface area contributed by atoms with Gasteiger partial charge in [0.25, 0.3) is 0 Å². The van der Waals surface area contributed by atoms with Crippen LogP contribution in [0.4, 0.5) is 20.7 Å². The Morgan fingerprint density at radius 1 is 1.29 bits per heavy atom. The van der Waals surface area contributed by atoms with Gasteiger partial charge in [-0.25, -0.2) is 4.79 Å². The fourth-order valence-corrected chi connectivity index (χ4v) is 3.81. The molecule has 2 N–H and O–H groups in total. The monoisotopic (exact) mass is 385 g/mol.